The highest BCUT2D eigenvalue weighted by atomic mass is 14.7. The van der Waals surface area contributed by atoms with E-state index in [9.17, 15) is 0 Å². The van der Waals surface area contributed by atoms with Gasteiger partial charge in [0.05, 0.1) is 5.52 Å². The normalized spacial score (nSPS) is 11.7. The lowest BCUT2D eigenvalue weighted by atomic mass is 9.98. The summed E-state index contributed by atoms with van der Waals surface area (Å²) in [6, 6.07) is 17.4. The van der Waals surface area contributed by atoms with Crippen LogP contribution in [-0.2, 0) is 0 Å². The molecule has 0 saturated carbocycles. The van der Waals surface area contributed by atoms with Gasteiger partial charge in [-0.2, -0.15) is 0 Å². The molecule has 0 fully saturated rings. The van der Waals surface area contributed by atoms with Crippen LogP contribution in [0.1, 0.15) is 11.1 Å². The molecule has 0 aliphatic rings. The van der Waals surface area contributed by atoms with E-state index in [1.54, 1.807) is 0 Å². The largest absolute Gasteiger partial charge is 0.354 e. The number of aryl methyl sites for hydroxylation is 2. The van der Waals surface area contributed by atoms with Crippen LogP contribution >= 0.6 is 0 Å². The number of para-hydroxylation sites is 1. The van der Waals surface area contributed by atoms with E-state index in [-0.39, 0.29) is 0 Å². The predicted molar refractivity (Wildman–Crippen MR) is 82.8 cm³/mol. The predicted octanol–water partition coefficient (Wildman–Crippen LogP) is 5.09. The van der Waals surface area contributed by atoms with E-state index < -0.39 is 0 Å². The summed E-state index contributed by atoms with van der Waals surface area (Å²) in [7, 11) is 0. The molecular weight excluding hydrogens is 230 g/mol. The number of fused-ring (bicyclic) bond motifs is 5. The summed E-state index contributed by atoms with van der Waals surface area (Å²) in [5.74, 6) is 0. The highest BCUT2D eigenvalue weighted by Crippen LogP contribution is 2.33. The van der Waals surface area contributed by atoms with Gasteiger partial charge in [0.2, 0.25) is 0 Å². The van der Waals surface area contributed by atoms with Crippen LogP contribution in [0.15, 0.2) is 48.5 Å². The van der Waals surface area contributed by atoms with Crippen molar-refractivity contribution in [3.8, 4) is 0 Å². The second kappa shape index (κ2) is 3.61. The van der Waals surface area contributed by atoms with Crippen molar-refractivity contribution in [1.29, 1.82) is 0 Å². The number of aromatic nitrogens is 1. The number of benzene rings is 3. The molecule has 0 atom stereocenters. The Balaban J connectivity index is 2.34. The molecule has 0 spiro atoms. The molecular formula is C18H15N. The standard InChI is InChI=1S/C18H15N/c1-11-7-8-13-9-10-15-14-5-3-4-6-16(14)19-18(15)17(13)12(11)2/h3-10,19H,1-2H3. The Morgan fingerprint density at radius 3 is 2.47 bits per heavy atom. The summed E-state index contributed by atoms with van der Waals surface area (Å²) in [6.07, 6.45) is 0. The fourth-order valence-corrected chi connectivity index (χ4v) is 3.01. The lowest BCUT2D eigenvalue weighted by Crippen LogP contribution is -1.85. The van der Waals surface area contributed by atoms with Crippen molar-refractivity contribution >= 4 is 32.6 Å². The summed E-state index contributed by atoms with van der Waals surface area (Å²) in [5.41, 5.74) is 5.19. The minimum absolute atomic E-state index is 1.21. The summed E-state index contributed by atoms with van der Waals surface area (Å²) in [6.45, 7) is 4.39. The summed E-state index contributed by atoms with van der Waals surface area (Å²) in [4.78, 5) is 3.59. The first kappa shape index (κ1) is 10.6. The lowest BCUT2D eigenvalue weighted by Gasteiger charge is -2.07. The van der Waals surface area contributed by atoms with Gasteiger partial charge in [-0.05, 0) is 36.4 Å². The van der Waals surface area contributed by atoms with E-state index in [0.29, 0.717) is 0 Å². The summed E-state index contributed by atoms with van der Waals surface area (Å²) >= 11 is 0. The van der Waals surface area contributed by atoms with Crippen LogP contribution in [0, 0.1) is 13.8 Å². The fourth-order valence-electron chi connectivity index (χ4n) is 3.01. The van der Waals surface area contributed by atoms with Crippen LogP contribution in [0.5, 0.6) is 0 Å². The van der Waals surface area contributed by atoms with Gasteiger partial charge in [-0.25, -0.2) is 0 Å². The Bertz CT molecular complexity index is 929. The second-order valence-electron chi connectivity index (χ2n) is 5.26. The molecule has 0 bridgehead atoms. The fraction of sp³-hybridized carbons (Fsp3) is 0.111. The Labute approximate surface area is 111 Å². The van der Waals surface area contributed by atoms with E-state index in [0.717, 1.165) is 0 Å². The van der Waals surface area contributed by atoms with Crippen LogP contribution in [0.25, 0.3) is 32.6 Å². The van der Waals surface area contributed by atoms with Gasteiger partial charge in [0.1, 0.15) is 0 Å². The molecule has 1 heteroatoms. The maximum Gasteiger partial charge on any atom is 0.0547 e. The van der Waals surface area contributed by atoms with Gasteiger partial charge in [0, 0.05) is 21.7 Å². The molecule has 1 aromatic heterocycles. The third kappa shape index (κ3) is 1.36. The highest BCUT2D eigenvalue weighted by molar-refractivity contribution is 6.17. The van der Waals surface area contributed by atoms with Crippen molar-refractivity contribution in [3.05, 3.63) is 59.7 Å². The number of hydrogen-bond donors (Lipinski definition) is 1. The lowest BCUT2D eigenvalue weighted by molar-refractivity contribution is 1.38. The zero-order chi connectivity index (χ0) is 13.0. The minimum atomic E-state index is 1.21. The second-order valence-corrected chi connectivity index (χ2v) is 5.26. The quantitative estimate of drug-likeness (QED) is 0.444. The van der Waals surface area contributed by atoms with E-state index in [4.69, 9.17) is 0 Å². The summed E-state index contributed by atoms with van der Waals surface area (Å²) < 4.78 is 0. The van der Waals surface area contributed by atoms with Gasteiger partial charge < -0.3 is 4.98 Å². The van der Waals surface area contributed by atoms with E-state index in [2.05, 4.69) is 67.4 Å². The minimum Gasteiger partial charge on any atom is -0.354 e. The SMILES string of the molecule is Cc1ccc2ccc3c4ccccc4[nH]c3c2c1C. The van der Waals surface area contributed by atoms with Crippen molar-refractivity contribution in [1.82, 2.24) is 4.98 Å². The van der Waals surface area contributed by atoms with Gasteiger partial charge in [-0.15, -0.1) is 0 Å². The summed E-state index contributed by atoms with van der Waals surface area (Å²) in [5, 5.41) is 5.29. The van der Waals surface area contributed by atoms with E-state index in [1.165, 1.54) is 43.7 Å². The molecule has 1 nitrogen and oxygen atoms in total. The zero-order valence-electron chi connectivity index (χ0n) is 11.1. The number of H-pyrrole nitrogens is 1. The van der Waals surface area contributed by atoms with Crippen LogP contribution < -0.4 is 0 Å². The maximum absolute atomic E-state index is 3.59. The van der Waals surface area contributed by atoms with Crippen LogP contribution in [0.3, 0.4) is 0 Å². The average Bonchev–Trinajstić information content (AvgIpc) is 2.81. The average molecular weight is 245 g/mol. The van der Waals surface area contributed by atoms with Crippen LogP contribution in [0.4, 0.5) is 0 Å². The Hall–Kier alpha value is -2.28. The first-order valence-corrected chi connectivity index (χ1v) is 6.65. The number of rotatable bonds is 0. The molecule has 1 heterocycles. The van der Waals surface area contributed by atoms with Crippen molar-refractivity contribution in [2.45, 2.75) is 13.8 Å². The Kier molecular flexibility index (Phi) is 2.02. The molecule has 1 N–H and O–H groups in total. The molecule has 0 radical (unpaired) electrons. The van der Waals surface area contributed by atoms with Crippen LogP contribution in [-0.4, -0.2) is 4.98 Å². The maximum atomic E-state index is 3.59. The molecule has 0 saturated heterocycles. The molecule has 0 amide bonds. The number of nitrogens with one attached hydrogen (secondary N) is 1. The third-order valence-corrected chi connectivity index (χ3v) is 4.19. The first-order valence-electron chi connectivity index (χ1n) is 6.65. The number of hydrogen-bond acceptors (Lipinski definition) is 0. The van der Waals surface area contributed by atoms with Gasteiger partial charge in [-0.1, -0.05) is 42.5 Å². The Morgan fingerprint density at radius 2 is 1.58 bits per heavy atom. The van der Waals surface area contributed by atoms with E-state index >= 15 is 0 Å². The molecule has 19 heavy (non-hydrogen) atoms. The molecule has 92 valence electrons. The van der Waals surface area contributed by atoms with Crippen molar-refractivity contribution in [2.75, 3.05) is 0 Å². The molecule has 0 aliphatic heterocycles. The topological polar surface area (TPSA) is 15.8 Å². The van der Waals surface area contributed by atoms with Crippen molar-refractivity contribution in [3.63, 3.8) is 0 Å². The first-order chi connectivity index (χ1) is 9.25. The number of aromatic amines is 1. The van der Waals surface area contributed by atoms with Crippen molar-refractivity contribution < 1.29 is 0 Å². The smallest absolute Gasteiger partial charge is 0.0547 e. The Morgan fingerprint density at radius 1 is 0.789 bits per heavy atom. The highest BCUT2D eigenvalue weighted by Gasteiger charge is 2.09. The molecule has 0 aliphatic carbocycles. The van der Waals surface area contributed by atoms with Gasteiger partial charge in [0.25, 0.3) is 0 Å². The monoisotopic (exact) mass is 245 g/mol. The molecule has 0 unspecified atom stereocenters. The van der Waals surface area contributed by atoms with Gasteiger partial charge in [0.15, 0.2) is 0 Å². The molecule has 4 aromatic rings. The zero-order valence-corrected chi connectivity index (χ0v) is 11.1. The molecule has 3 aromatic carbocycles. The molecule has 4 rings (SSSR count). The van der Waals surface area contributed by atoms with E-state index in [1.807, 2.05) is 0 Å². The van der Waals surface area contributed by atoms with Crippen LogP contribution in [0.2, 0.25) is 0 Å². The third-order valence-electron chi connectivity index (χ3n) is 4.19. The van der Waals surface area contributed by atoms with Gasteiger partial charge in [-0.3, -0.25) is 0 Å². The van der Waals surface area contributed by atoms with Crippen molar-refractivity contribution in [2.24, 2.45) is 0 Å². The van der Waals surface area contributed by atoms with Gasteiger partial charge >= 0.3 is 0 Å².